The molecular formula is C13H19FN2. The fraction of sp³-hybridized carbons (Fsp3) is 0.538. The maximum atomic E-state index is 13.2. The van der Waals surface area contributed by atoms with Crippen LogP contribution in [0, 0.1) is 5.82 Å². The fourth-order valence-corrected chi connectivity index (χ4v) is 2.61. The first kappa shape index (κ1) is 11.2. The van der Waals surface area contributed by atoms with E-state index in [-0.39, 0.29) is 5.82 Å². The lowest BCUT2D eigenvalue weighted by Crippen LogP contribution is -2.33. The summed E-state index contributed by atoms with van der Waals surface area (Å²) in [5, 5.41) is 0. The van der Waals surface area contributed by atoms with Crippen LogP contribution in [0.4, 0.5) is 15.8 Å². The molecule has 0 atom stereocenters. The summed E-state index contributed by atoms with van der Waals surface area (Å²) in [6.45, 7) is 2.99. The first-order valence-electron chi connectivity index (χ1n) is 6.04. The molecule has 0 amide bonds. The zero-order valence-corrected chi connectivity index (χ0v) is 9.75. The Morgan fingerprint density at radius 3 is 2.69 bits per heavy atom. The molecule has 1 saturated carbocycles. The zero-order chi connectivity index (χ0) is 11.5. The number of halogens is 1. The highest BCUT2D eigenvalue weighted by Crippen LogP contribution is 2.31. The first-order chi connectivity index (χ1) is 7.72. The maximum absolute atomic E-state index is 13.2. The molecule has 16 heavy (non-hydrogen) atoms. The second kappa shape index (κ2) is 4.73. The van der Waals surface area contributed by atoms with E-state index in [4.69, 9.17) is 5.73 Å². The van der Waals surface area contributed by atoms with Gasteiger partial charge in [-0.1, -0.05) is 12.8 Å². The minimum Gasteiger partial charge on any atom is -0.397 e. The molecule has 0 bridgehead atoms. The second-order valence-electron chi connectivity index (χ2n) is 4.43. The summed E-state index contributed by atoms with van der Waals surface area (Å²) in [6.07, 6.45) is 4.94. The van der Waals surface area contributed by atoms with Crippen molar-refractivity contribution in [2.24, 2.45) is 0 Å². The molecule has 2 nitrogen and oxygen atoms in total. The minimum atomic E-state index is -0.208. The molecule has 0 saturated heterocycles. The summed E-state index contributed by atoms with van der Waals surface area (Å²) in [5.74, 6) is -0.208. The lowest BCUT2D eigenvalue weighted by molar-refractivity contribution is 0.607. The number of anilines is 2. The number of hydrogen-bond donors (Lipinski definition) is 1. The summed E-state index contributed by atoms with van der Waals surface area (Å²) in [7, 11) is 0. The van der Waals surface area contributed by atoms with Crippen LogP contribution in [0.15, 0.2) is 18.2 Å². The largest absolute Gasteiger partial charge is 0.397 e. The first-order valence-corrected chi connectivity index (χ1v) is 6.04. The van der Waals surface area contributed by atoms with Crippen LogP contribution in [0.3, 0.4) is 0 Å². The summed E-state index contributed by atoms with van der Waals surface area (Å²) in [4.78, 5) is 2.24. The van der Waals surface area contributed by atoms with Gasteiger partial charge in [-0.3, -0.25) is 0 Å². The number of benzene rings is 1. The van der Waals surface area contributed by atoms with E-state index < -0.39 is 0 Å². The van der Waals surface area contributed by atoms with Crippen LogP contribution >= 0.6 is 0 Å². The van der Waals surface area contributed by atoms with Crippen molar-refractivity contribution in [3.63, 3.8) is 0 Å². The SMILES string of the molecule is CCN(c1cc(F)ccc1N)C1CCCC1. The molecule has 1 aliphatic rings. The van der Waals surface area contributed by atoms with E-state index in [2.05, 4.69) is 11.8 Å². The molecule has 2 rings (SSSR count). The Bertz CT molecular complexity index is 359. The van der Waals surface area contributed by atoms with Crippen molar-refractivity contribution in [2.45, 2.75) is 38.6 Å². The predicted molar refractivity (Wildman–Crippen MR) is 66.1 cm³/mol. The van der Waals surface area contributed by atoms with Crippen LogP contribution in [0.2, 0.25) is 0 Å². The van der Waals surface area contributed by atoms with Crippen LogP contribution in [0.5, 0.6) is 0 Å². The van der Waals surface area contributed by atoms with Gasteiger partial charge >= 0.3 is 0 Å². The second-order valence-corrected chi connectivity index (χ2v) is 4.43. The molecular weight excluding hydrogens is 203 g/mol. The molecule has 0 radical (unpaired) electrons. The molecule has 2 N–H and O–H groups in total. The fourth-order valence-electron chi connectivity index (χ4n) is 2.61. The van der Waals surface area contributed by atoms with Crippen molar-refractivity contribution in [3.8, 4) is 0 Å². The Labute approximate surface area is 96.2 Å². The lowest BCUT2D eigenvalue weighted by Gasteiger charge is -2.31. The minimum absolute atomic E-state index is 0.208. The van der Waals surface area contributed by atoms with Crippen LogP contribution in [-0.2, 0) is 0 Å². The molecule has 0 unspecified atom stereocenters. The van der Waals surface area contributed by atoms with Gasteiger partial charge in [0.15, 0.2) is 0 Å². The van der Waals surface area contributed by atoms with Crippen molar-refractivity contribution in [1.82, 2.24) is 0 Å². The highest BCUT2D eigenvalue weighted by atomic mass is 19.1. The van der Waals surface area contributed by atoms with Gasteiger partial charge in [-0.25, -0.2) is 4.39 Å². The van der Waals surface area contributed by atoms with Crippen LogP contribution in [-0.4, -0.2) is 12.6 Å². The van der Waals surface area contributed by atoms with Crippen LogP contribution in [0.25, 0.3) is 0 Å². The van der Waals surface area contributed by atoms with Crippen molar-refractivity contribution < 1.29 is 4.39 Å². The molecule has 1 fully saturated rings. The maximum Gasteiger partial charge on any atom is 0.125 e. The molecule has 3 heteroatoms. The topological polar surface area (TPSA) is 29.3 Å². The van der Waals surface area contributed by atoms with Crippen molar-refractivity contribution in [1.29, 1.82) is 0 Å². The smallest absolute Gasteiger partial charge is 0.125 e. The third-order valence-electron chi connectivity index (χ3n) is 3.41. The van der Waals surface area contributed by atoms with Gasteiger partial charge in [0.1, 0.15) is 5.82 Å². The number of rotatable bonds is 3. The van der Waals surface area contributed by atoms with Gasteiger partial charge in [0.2, 0.25) is 0 Å². The predicted octanol–water partition coefficient (Wildman–Crippen LogP) is 3.18. The van der Waals surface area contributed by atoms with Gasteiger partial charge < -0.3 is 10.6 Å². The third kappa shape index (κ3) is 2.13. The van der Waals surface area contributed by atoms with Gasteiger partial charge in [0, 0.05) is 12.6 Å². The number of nitrogen functional groups attached to an aromatic ring is 1. The molecule has 1 aromatic carbocycles. The Balaban J connectivity index is 2.28. The molecule has 0 heterocycles. The summed E-state index contributed by atoms with van der Waals surface area (Å²) < 4.78 is 13.2. The molecule has 0 spiro atoms. The molecule has 1 aromatic rings. The molecule has 0 aromatic heterocycles. The van der Waals surface area contributed by atoms with E-state index in [9.17, 15) is 4.39 Å². The number of hydrogen-bond acceptors (Lipinski definition) is 2. The van der Waals surface area contributed by atoms with Crippen LogP contribution < -0.4 is 10.6 Å². The normalized spacial score (nSPS) is 16.6. The summed E-state index contributed by atoms with van der Waals surface area (Å²) >= 11 is 0. The quantitative estimate of drug-likeness (QED) is 0.796. The van der Waals surface area contributed by atoms with Gasteiger partial charge in [0.05, 0.1) is 11.4 Å². The highest BCUT2D eigenvalue weighted by molar-refractivity contribution is 5.68. The van der Waals surface area contributed by atoms with E-state index in [1.54, 1.807) is 12.1 Å². The summed E-state index contributed by atoms with van der Waals surface area (Å²) in [6, 6.07) is 5.16. The Kier molecular flexibility index (Phi) is 3.32. The van der Waals surface area contributed by atoms with E-state index >= 15 is 0 Å². The van der Waals surface area contributed by atoms with Gasteiger partial charge in [-0.05, 0) is 38.0 Å². The molecule has 88 valence electrons. The van der Waals surface area contributed by atoms with Crippen molar-refractivity contribution >= 4 is 11.4 Å². The summed E-state index contributed by atoms with van der Waals surface area (Å²) in [5.41, 5.74) is 7.46. The third-order valence-corrected chi connectivity index (χ3v) is 3.41. The van der Waals surface area contributed by atoms with E-state index in [0.29, 0.717) is 11.7 Å². The lowest BCUT2D eigenvalue weighted by atomic mass is 10.1. The Morgan fingerprint density at radius 1 is 1.38 bits per heavy atom. The van der Waals surface area contributed by atoms with Crippen molar-refractivity contribution in [3.05, 3.63) is 24.0 Å². The molecule has 0 aliphatic heterocycles. The van der Waals surface area contributed by atoms with Gasteiger partial charge in [-0.2, -0.15) is 0 Å². The average molecular weight is 222 g/mol. The number of nitrogens with two attached hydrogens (primary N) is 1. The van der Waals surface area contributed by atoms with E-state index in [0.717, 1.165) is 12.2 Å². The highest BCUT2D eigenvalue weighted by Gasteiger charge is 2.23. The Morgan fingerprint density at radius 2 is 2.06 bits per heavy atom. The number of nitrogens with zero attached hydrogens (tertiary/aromatic N) is 1. The zero-order valence-electron chi connectivity index (χ0n) is 9.75. The van der Waals surface area contributed by atoms with E-state index in [1.807, 2.05) is 0 Å². The van der Waals surface area contributed by atoms with Crippen LogP contribution in [0.1, 0.15) is 32.6 Å². The average Bonchev–Trinajstić information content (AvgIpc) is 2.78. The van der Waals surface area contributed by atoms with Crippen molar-refractivity contribution in [2.75, 3.05) is 17.2 Å². The van der Waals surface area contributed by atoms with Gasteiger partial charge in [-0.15, -0.1) is 0 Å². The van der Waals surface area contributed by atoms with E-state index in [1.165, 1.54) is 31.7 Å². The standard InChI is InChI=1S/C13H19FN2/c1-2-16(11-5-3-4-6-11)13-9-10(14)7-8-12(13)15/h7-9,11H,2-6,15H2,1H3. The van der Waals surface area contributed by atoms with Gasteiger partial charge in [0.25, 0.3) is 0 Å². The molecule has 1 aliphatic carbocycles. The Hall–Kier alpha value is -1.25. The monoisotopic (exact) mass is 222 g/mol.